The normalized spacial score (nSPS) is 42.4. The predicted molar refractivity (Wildman–Crippen MR) is 46.3 cm³/mol. The molecule has 3 atom stereocenters. The van der Waals surface area contributed by atoms with Crippen molar-refractivity contribution >= 4 is 6.29 Å². The molecule has 0 aromatic heterocycles. The molecule has 0 aliphatic heterocycles. The molecule has 2 unspecified atom stereocenters. The minimum absolute atomic E-state index is 0.306. The quantitative estimate of drug-likeness (QED) is 0.530. The van der Waals surface area contributed by atoms with Gasteiger partial charge in [0.15, 0.2) is 0 Å². The Kier molecular flexibility index (Phi) is 2.08. The highest BCUT2D eigenvalue weighted by Crippen LogP contribution is 2.48. The number of aldehydes is 1. The zero-order valence-corrected chi connectivity index (χ0v) is 7.92. The average Bonchev–Trinajstić information content (AvgIpc) is 2.13. The van der Waals surface area contributed by atoms with Crippen molar-refractivity contribution in [2.75, 3.05) is 0 Å². The summed E-state index contributed by atoms with van der Waals surface area (Å²) in [4.78, 5) is 10.7. The number of hydrogen-bond acceptors (Lipinski definition) is 1. The van der Waals surface area contributed by atoms with Crippen molar-refractivity contribution in [1.29, 1.82) is 0 Å². The summed E-state index contributed by atoms with van der Waals surface area (Å²) in [7, 11) is 0. The van der Waals surface area contributed by atoms with Crippen molar-refractivity contribution in [3.63, 3.8) is 0 Å². The van der Waals surface area contributed by atoms with E-state index in [2.05, 4.69) is 27.7 Å². The molecule has 1 aliphatic carbocycles. The van der Waals surface area contributed by atoms with Crippen LogP contribution in [0.25, 0.3) is 0 Å². The van der Waals surface area contributed by atoms with Crippen molar-refractivity contribution in [2.45, 2.75) is 34.1 Å². The van der Waals surface area contributed by atoms with E-state index in [4.69, 9.17) is 0 Å². The molecule has 0 aromatic carbocycles. The van der Waals surface area contributed by atoms with Crippen LogP contribution in [-0.4, -0.2) is 6.29 Å². The van der Waals surface area contributed by atoms with Gasteiger partial charge in [-0.25, -0.2) is 0 Å². The molecule has 1 aliphatic rings. The molecular weight excluding hydrogens is 136 g/mol. The Hall–Kier alpha value is -0.330. The maximum atomic E-state index is 10.7. The molecule has 0 saturated heterocycles. The second kappa shape index (κ2) is 2.62. The predicted octanol–water partition coefficient (Wildman–Crippen LogP) is 2.50. The molecule has 0 spiro atoms. The fourth-order valence-electron chi connectivity index (χ4n) is 2.23. The first-order valence-electron chi connectivity index (χ1n) is 4.44. The van der Waals surface area contributed by atoms with E-state index in [1.807, 2.05) is 0 Å². The van der Waals surface area contributed by atoms with Gasteiger partial charge in [0.2, 0.25) is 0 Å². The van der Waals surface area contributed by atoms with Crippen molar-refractivity contribution < 1.29 is 4.79 Å². The van der Waals surface area contributed by atoms with Gasteiger partial charge in [-0.1, -0.05) is 27.7 Å². The Morgan fingerprint density at radius 2 is 1.91 bits per heavy atom. The molecule has 0 amide bonds. The molecule has 0 bridgehead atoms. The summed E-state index contributed by atoms with van der Waals surface area (Å²) in [5, 5.41) is 0. The molecule has 1 fully saturated rings. The third-order valence-electron chi connectivity index (χ3n) is 3.63. The van der Waals surface area contributed by atoms with Gasteiger partial charge in [-0.2, -0.15) is 0 Å². The van der Waals surface area contributed by atoms with Crippen molar-refractivity contribution in [3.05, 3.63) is 0 Å². The van der Waals surface area contributed by atoms with Crippen LogP contribution in [0.4, 0.5) is 0 Å². The molecule has 11 heavy (non-hydrogen) atoms. The van der Waals surface area contributed by atoms with Gasteiger partial charge in [0, 0.05) is 5.92 Å². The summed E-state index contributed by atoms with van der Waals surface area (Å²) in [6.07, 6.45) is 2.20. The molecule has 0 N–H and O–H groups in total. The molecule has 0 heterocycles. The Bertz CT molecular complexity index is 160. The fourth-order valence-corrected chi connectivity index (χ4v) is 2.23. The zero-order chi connectivity index (χ0) is 8.65. The van der Waals surface area contributed by atoms with Crippen LogP contribution in [0.3, 0.4) is 0 Å². The van der Waals surface area contributed by atoms with Gasteiger partial charge in [0.25, 0.3) is 0 Å². The lowest BCUT2D eigenvalue weighted by molar-refractivity contribution is -0.112. The van der Waals surface area contributed by atoms with Crippen molar-refractivity contribution in [1.82, 2.24) is 0 Å². The third-order valence-corrected chi connectivity index (χ3v) is 3.63. The first kappa shape index (κ1) is 8.76. The second-order valence-corrected chi connectivity index (χ2v) is 4.64. The van der Waals surface area contributed by atoms with Crippen LogP contribution in [-0.2, 0) is 4.79 Å². The van der Waals surface area contributed by atoms with Crippen LogP contribution in [0, 0.1) is 23.2 Å². The van der Waals surface area contributed by atoms with E-state index >= 15 is 0 Å². The molecule has 1 nitrogen and oxygen atoms in total. The van der Waals surface area contributed by atoms with Crippen LogP contribution in [0.15, 0.2) is 0 Å². The molecule has 1 rings (SSSR count). The van der Waals surface area contributed by atoms with E-state index in [1.54, 1.807) is 0 Å². The number of carbonyl (C=O) groups excluding carboxylic acids is 1. The summed E-state index contributed by atoms with van der Waals surface area (Å²) in [5.41, 5.74) is 0.366. The number of carbonyl (C=O) groups is 1. The van der Waals surface area contributed by atoms with Crippen LogP contribution in [0.2, 0.25) is 0 Å². The highest BCUT2D eigenvalue weighted by Gasteiger charge is 2.42. The minimum atomic E-state index is 0.306. The molecular formula is C10H18O. The van der Waals surface area contributed by atoms with Gasteiger partial charge in [-0.15, -0.1) is 0 Å². The SMILES string of the molecule is CC1C(C=O)CC(C)(C)[C@@H]1C. The Morgan fingerprint density at radius 3 is 2.09 bits per heavy atom. The first-order chi connectivity index (χ1) is 4.99. The van der Waals surface area contributed by atoms with Gasteiger partial charge in [0.1, 0.15) is 6.29 Å². The van der Waals surface area contributed by atoms with Gasteiger partial charge in [-0.05, 0) is 23.7 Å². The van der Waals surface area contributed by atoms with E-state index < -0.39 is 0 Å². The monoisotopic (exact) mass is 154 g/mol. The molecule has 64 valence electrons. The third kappa shape index (κ3) is 1.33. The molecule has 1 saturated carbocycles. The largest absolute Gasteiger partial charge is 0.303 e. The fraction of sp³-hybridized carbons (Fsp3) is 0.900. The number of hydrogen-bond donors (Lipinski definition) is 0. The maximum absolute atomic E-state index is 10.7. The summed E-state index contributed by atoms with van der Waals surface area (Å²) in [6.45, 7) is 8.97. The topological polar surface area (TPSA) is 17.1 Å². The zero-order valence-electron chi connectivity index (χ0n) is 7.92. The molecule has 0 aromatic rings. The maximum Gasteiger partial charge on any atom is 0.123 e. The lowest BCUT2D eigenvalue weighted by Crippen LogP contribution is -2.17. The molecule has 0 radical (unpaired) electrons. The van der Waals surface area contributed by atoms with Gasteiger partial charge < -0.3 is 4.79 Å². The summed E-state index contributed by atoms with van der Waals surface area (Å²) >= 11 is 0. The highest BCUT2D eigenvalue weighted by atomic mass is 16.1. The summed E-state index contributed by atoms with van der Waals surface area (Å²) < 4.78 is 0. The van der Waals surface area contributed by atoms with Crippen LogP contribution >= 0.6 is 0 Å². The number of rotatable bonds is 1. The van der Waals surface area contributed by atoms with Gasteiger partial charge in [0.05, 0.1) is 0 Å². The standard InChI is InChI=1S/C10H18O/c1-7-8(2)10(3,4)5-9(7)6-11/h6-9H,5H2,1-4H3/t7?,8-,9?/m1/s1. The second-order valence-electron chi connectivity index (χ2n) is 4.64. The Labute approximate surface area is 69.2 Å². The van der Waals surface area contributed by atoms with E-state index in [0.717, 1.165) is 12.7 Å². The van der Waals surface area contributed by atoms with E-state index in [0.29, 0.717) is 23.2 Å². The lowest BCUT2D eigenvalue weighted by atomic mass is 9.81. The smallest absolute Gasteiger partial charge is 0.123 e. The van der Waals surface area contributed by atoms with Crippen LogP contribution < -0.4 is 0 Å². The van der Waals surface area contributed by atoms with Crippen LogP contribution in [0.5, 0.6) is 0 Å². The highest BCUT2D eigenvalue weighted by molar-refractivity contribution is 5.55. The van der Waals surface area contributed by atoms with Crippen molar-refractivity contribution in [2.24, 2.45) is 23.2 Å². The van der Waals surface area contributed by atoms with E-state index in [1.165, 1.54) is 0 Å². The lowest BCUT2D eigenvalue weighted by Gasteiger charge is -2.24. The minimum Gasteiger partial charge on any atom is -0.303 e. The van der Waals surface area contributed by atoms with Crippen molar-refractivity contribution in [3.8, 4) is 0 Å². The molecule has 1 heteroatoms. The summed E-state index contributed by atoms with van der Waals surface area (Å²) in [5.74, 6) is 1.56. The first-order valence-corrected chi connectivity index (χ1v) is 4.44. The van der Waals surface area contributed by atoms with Crippen LogP contribution in [0.1, 0.15) is 34.1 Å². The Balaban J connectivity index is 2.76. The Morgan fingerprint density at radius 1 is 1.36 bits per heavy atom. The van der Waals surface area contributed by atoms with E-state index in [-0.39, 0.29) is 0 Å². The summed E-state index contributed by atoms with van der Waals surface area (Å²) in [6, 6.07) is 0. The average molecular weight is 154 g/mol. The van der Waals surface area contributed by atoms with Gasteiger partial charge >= 0.3 is 0 Å². The van der Waals surface area contributed by atoms with E-state index in [9.17, 15) is 4.79 Å². The van der Waals surface area contributed by atoms with Gasteiger partial charge in [-0.3, -0.25) is 0 Å².